The van der Waals surface area contributed by atoms with Crippen molar-refractivity contribution in [3.63, 3.8) is 0 Å². The number of H-pyrrole nitrogens is 1. The molecule has 1 atom stereocenters. The van der Waals surface area contributed by atoms with Crippen LogP contribution >= 0.6 is 0 Å². The second-order valence-electron chi connectivity index (χ2n) is 7.08. The number of rotatable bonds is 5. The highest BCUT2D eigenvalue weighted by atomic mass is 16.5. The third-order valence-electron chi connectivity index (χ3n) is 5.20. The number of ketones is 1. The quantitative estimate of drug-likeness (QED) is 0.517. The first-order valence-corrected chi connectivity index (χ1v) is 9.36. The van der Waals surface area contributed by atoms with E-state index in [9.17, 15) is 14.4 Å². The molecular weight excluding hydrogens is 370 g/mol. The van der Waals surface area contributed by atoms with Crippen LogP contribution in [0.4, 0.5) is 5.69 Å². The topological polar surface area (TPSA) is 91.5 Å². The molecular formula is C22H21N3O4. The molecule has 1 aliphatic heterocycles. The molecule has 0 radical (unpaired) electrons. The number of aromatic amines is 1. The van der Waals surface area contributed by atoms with Gasteiger partial charge in [0.15, 0.2) is 0 Å². The van der Waals surface area contributed by atoms with E-state index in [1.54, 1.807) is 23.1 Å². The number of aryl methyl sites for hydroxylation is 1. The van der Waals surface area contributed by atoms with Gasteiger partial charge < -0.3 is 19.9 Å². The summed E-state index contributed by atoms with van der Waals surface area (Å²) in [5, 5.41) is 3.20. The molecule has 29 heavy (non-hydrogen) atoms. The molecule has 1 aromatic heterocycles. The molecule has 0 aliphatic carbocycles. The average Bonchev–Trinajstić information content (AvgIpc) is 3.31. The van der Waals surface area contributed by atoms with Crippen molar-refractivity contribution in [1.29, 1.82) is 0 Å². The maximum absolute atomic E-state index is 12.7. The van der Waals surface area contributed by atoms with Gasteiger partial charge in [-0.05, 0) is 43.7 Å². The summed E-state index contributed by atoms with van der Waals surface area (Å²) in [4.78, 5) is 42.6. The lowest BCUT2D eigenvalue weighted by Crippen LogP contribution is -2.44. The minimum Gasteiger partial charge on any atom is -0.497 e. The van der Waals surface area contributed by atoms with E-state index in [1.807, 2.05) is 31.2 Å². The summed E-state index contributed by atoms with van der Waals surface area (Å²) in [6.45, 7) is 2.47. The molecule has 0 saturated carbocycles. The number of fused-ring (bicyclic) bond motifs is 1. The molecule has 1 aliphatic rings. The van der Waals surface area contributed by atoms with E-state index in [-0.39, 0.29) is 11.5 Å². The van der Waals surface area contributed by atoms with E-state index < -0.39 is 17.7 Å². The van der Waals surface area contributed by atoms with Crippen LogP contribution in [-0.4, -0.2) is 42.3 Å². The Labute approximate surface area is 167 Å². The van der Waals surface area contributed by atoms with Gasteiger partial charge >= 0.3 is 0 Å². The Bertz CT molecular complexity index is 1100. The molecule has 2 N–H and O–H groups in total. The van der Waals surface area contributed by atoms with Gasteiger partial charge in [0, 0.05) is 29.3 Å². The predicted molar refractivity (Wildman–Crippen MR) is 109 cm³/mol. The minimum atomic E-state index is -0.794. The van der Waals surface area contributed by atoms with Gasteiger partial charge in [-0.2, -0.15) is 0 Å². The fourth-order valence-corrected chi connectivity index (χ4v) is 3.56. The molecule has 2 amide bonds. The summed E-state index contributed by atoms with van der Waals surface area (Å²) in [5.74, 6) is -1.11. The molecule has 148 valence electrons. The van der Waals surface area contributed by atoms with Crippen LogP contribution in [0.15, 0.2) is 48.7 Å². The van der Waals surface area contributed by atoms with Gasteiger partial charge in [-0.3, -0.25) is 14.4 Å². The monoisotopic (exact) mass is 391 g/mol. The summed E-state index contributed by atoms with van der Waals surface area (Å²) >= 11 is 0. The van der Waals surface area contributed by atoms with Gasteiger partial charge in [0.1, 0.15) is 11.8 Å². The smallest absolute Gasteiger partial charge is 0.293 e. The van der Waals surface area contributed by atoms with Crippen LogP contribution in [0, 0.1) is 6.92 Å². The summed E-state index contributed by atoms with van der Waals surface area (Å²) in [7, 11) is 1.54. The molecule has 0 spiro atoms. The van der Waals surface area contributed by atoms with Crippen LogP contribution in [0.3, 0.4) is 0 Å². The Balaban J connectivity index is 1.49. The number of amides is 2. The number of methoxy groups -OCH3 is 1. The Morgan fingerprint density at radius 2 is 1.93 bits per heavy atom. The fourth-order valence-electron chi connectivity index (χ4n) is 3.56. The van der Waals surface area contributed by atoms with Gasteiger partial charge in [-0.15, -0.1) is 0 Å². The number of carbonyl (C=O) groups is 3. The molecule has 1 saturated heterocycles. The van der Waals surface area contributed by atoms with Gasteiger partial charge in [0.2, 0.25) is 5.91 Å². The molecule has 7 nitrogen and oxygen atoms in total. The maximum Gasteiger partial charge on any atom is 0.293 e. The number of ether oxygens (including phenoxy) is 1. The SMILES string of the molecule is COc1ccc2[nH]cc(C(=O)C(=O)NC3CCN(c4ccc(C)cc4)C3=O)c2c1. The number of hydrogen-bond donors (Lipinski definition) is 2. The second-order valence-corrected chi connectivity index (χ2v) is 7.08. The van der Waals surface area contributed by atoms with Crippen molar-refractivity contribution >= 4 is 34.2 Å². The number of anilines is 1. The number of carbonyl (C=O) groups excluding carboxylic acids is 3. The van der Waals surface area contributed by atoms with Crippen molar-refractivity contribution in [2.45, 2.75) is 19.4 Å². The molecule has 1 unspecified atom stereocenters. The van der Waals surface area contributed by atoms with Gasteiger partial charge in [0.05, 0.1) is 12.7 Å². The van der Waals surface area contributed by atoms with Crippen LogP contribution in [0.25, 0.3) is 10.9 Å². The first-order valence-electron chi connectivity index (χ1n) is 9.36. The van der Waals surface area contributed by atoms with E-state index in [4.69, 9.17) is 4.74 Å². The molecule has 1 fully saturated rings. The maximum atomic E-state index is 12.7. The standard InChI is InChI=1S/C22H21N3O4/c1-13-3-5-14(6-4-13)25-10-9-19(22(25)28)24-21(27)20(26)17-12-23-18-8-7-15(29-2)11-16(17)18/h3-8,11-12,19,23H,9-10H2,1-2H3,(H,24,27). The van der Waals surface area contributed by atoms with Crippen molar-refractivity contribution in [2.24, 2.45) is 0 Å². The number of Topliss-reactive ketones (excluding diaryl/α,β-unsaturated/α-hetero) is 1. The summed E-state index contributed by atoms with van der Waals surface area (Å²) in [5.41, 5.74) is 2.86. The number of hydrogen-bond acceptors (Lipinski definition) is 4. The predicted octanol–water partition coefficient (Wildman–Crippen LogP) is 2.59. The molecule has 2 heterocycles. The lowest BCUT2D eigenvalue weighted by Gasteiger charge is -2.17. The normalized spacial score (nSPS) is 16.3. The van der Waals surface area contributed by atoms with Crippen molar-refractivity contribution in [3.8, 4) is 5.75 Å². The highest BCUT2D eigenvalue weighted by Gasteiger charge is 2.35. The van der Waals surface area contributed by atoms with E-state index in [1.165, 1.54) is 13.3 Å². The molecule has 2 aromatic carbocycles. The van der Waals surface area contributed by atoms with E-state index in [2.05, 4.69) is 10.3 Å². The first-order chi connectivity index (χ1) is 14.0. The number of aromatic nitrogens is 1. The van der Waals surface area contributed by atoms with Crippen LogP contribution in [0.5, 0.6) is 5.75 Å². The van der Waals surface area contributed by atoms with Crippen molar-refractivity contribution in [2.75, 3.05) is 18.6 Å². The summed E-state index contributed by atoms with van der Waals surface area (Å²) in [6.07, 6.45) is 1.95. The lowest BCUT2D eigenvalue weighted by molar-refractivity contribution is -0.124. The second kappa shape index (κ2) is 7.43. The zero-order valence-electron chi connectivity index (χ0n) is 16.2. The van der Waals surface area contributed by atoms with Crippen molar-refractivity contribution < 1.29 is 19.1 Å². The number of benzene rings is 2. The van der Waals surface area contributed by atoms with Crippen LogP contribution in [0.2, 0.25) is 0 Å². The Hall–Kier alpha value is -3.61. The van der Waals surface area contributed by atoms with Crippen molar-refractivity contribution in [3.05, 3.63) is 59.8 Å². The van der Waals surface area contributed by atoms with Gasteiger partial charge in [-0.1, -0.05) is 17.7 Å². The zero-order chi connectivity index (χ0) is 20.5. The van der Waals surface area contributed by atoms with Crippen LogP contribution in [-0.2, 0) is 9.59 Å². The highest BCUT2D eigenvalue weighted by Crippen LogP contribution is 2.25. The third-order valence-corrected chi connectivity index (χ3v) is 5.20. The Morgan fingerprint density at radius 1 is 1.17 bits per heavy atom. The molecule has 0 bridgehead atoms. The van der Waals surface area contributed by atoms with E-state index >= 15 is 0 Å². The minimum absolute atomic E-state index is 0.212. The number of nitrogens with one attached hydrogen (secondary N) is 2. The van der Waals surface area contributed by atoms with E-state index in [0.717, 1.165) is 16.8 Å². The lowest BCUT2D eigenvalue weighted by atomic mass is 10.1. The average molecular weight is 391 g/mol. The van der Waals surface area contributed by atoms with Crippen LogP contribution < -0.4 is 15.0 Å². The van der Waals surface area contributed by atoms with Gasteiger partial charge in [-0.25, -0.2) is 0 Å². The Kier molecular flexibility index (Phi) is 4.80. The fraction of sp³-hybridized carbons (Fsp3) is 0.227. The summed E-state index contributed by atoms with van der Waals surface area (Å²) < 4.78 is 5.19. The van der Waals surface area contributed by atoms with Gasteiger partial charge in [0.25, 0.3) is 11.7 Å². The summed E-state index contributed by atoms with van der Waals surface area (Å²) in [6, 6.07) is 12.2. The molecule has 3 aromatic rings. The number of nitrogens with zero attached hydrogens (tertiary/aromatic N) is 1. The largest absolute Gasteiger partial charge is 0.497 e. The zero-order valence-corrected chi connectivity index (χ0v) is 16.2. The first kappa shape index (κ1) is 18.7. The van der Waals surface area contributed by atoms with Crippen molar-refractivity contribution in [1.82, 2.24) is 10.3 Å². The molecule has 7 heteroatoms. The highest BCUT2D eigenvalue weighted by molar-refractivity contribution is 6.45. The van der Waals surface area contributed by atoms with Crippen LogP contribution in [0.1, 0.15) is 22.3 Å². The third kappa shape index (κ3) is 3.47. The Morgan fingerprint density at radius 3 is 2.66 bits per heavy atom. The van der Waals surface area contributed by atoms with E-state index in [0.29, 0.717) is 24.1 Å². The molecule has 4 rings (SSSR count).